The minimum atomic E-state index is -0.140. The van der Waals surface area contributed by atoms with Gasteiger partial charge in [0.25, 0.3) is 5.91 Å². The molecule has 2 aromatic carbocycles. The highest BCUT2D eigenvalue weighted by Crippen LogP contribution is 2.22. The van der Waals surface area contributed by atoms with E-state index in [4.69, 9.17) is 9.47 Å². The standard InChI is InChI=1S/C21H28N2O3/c1-5-16-9-11-18(12-10-16)26-15-21(24)22-14-20(23(2)3)17-7-6-8-19(13-17)25-4/h6-13,20H,5,14-15H2,1-4H3,(H,22,24). The lowest BCUT2D eigenvalue weighted by molar-refractivity contribution is -0.123. The van der Waals surface area contributed by atoms with Crippen molar-refractivity contribution in [3.05, 3.63) is 59.7 Å². The van der Waals surface area contributed by atoms with Crippen LogP contribution in [0.2, 0.25) is 0 Å². The second-order valence-corrected chi connectivity index (χ2v) is 6.35. The SMILES string of the molecule is CCc1ccc(OCC(=O)NCC(c2cccc(OC)c2)N(C)C)cc1. The predicted octanol–water partition coefficient (Wildman–Crippen LogP) is 3.06. The molecule has 1 atom stereocenters. The van der Waals surface area contributed by atoms with Gasteiger partial charge >= 0.3 is 0 Å². The smallest absolute Gasteiger partial charge is 0.258 e. The van der Waals surface area contributed by atoms with E-state index in [0.717, 1.165) is 17.7 Å². The van der Waals surface area contributed by atoms with Crippen molar-refractivity contribution in [3.8, 4) is 11.5 Å². The van der Waals surface area contributed by atoms with Crippen molar-refractivity contribution in [2.45, 2.75) is 19.4 Å². The zero-order valence-electron chi connectivity index (χ0n) is 16.0. The summed E-state index contributed by atoms with van der Waals surface area (Å²) in [5.41, 5.74) is 2.33. The highest BCUT2D eigenvalue weighted by atomic mass is 16.5. The summed E-state index contributed by atoms with van der Waals surface area (Å²) in [6, 6.07) is 15.7. The molecule has 1 N–H and O–H groups in total. The third kappa shape index (κ3) is 5.77. The Kier molecular flexibility index (Phi) is 7.48. The number of amides is 1. The lowest BCUT2D eigenvalue weighted by Gasteiger charge is -2.25. The third-order valence-corrected chi connectivity index (χ3v) is 4.30. The molecule has 2 rings (SSSR count). The Bertz CT molecular complexity index is 699. The van der Waals surface area contributed by atoms with Crippen LogP contribution < -0.4 is 14.8 Å². The molecule has 2 aromatic rings. The molecule has 5 nitrogen and oxygen atoms in total. The summed E-state index contributed by atoms with van der Waals surface area (Å²) < 4.78 is 10.8. The predicted molar refractivity (Wildman–Crippen MR) is 104 cm³/mol. The molecule has 0 aromatic heterocycles. The van der Waals surface area contributed by atoms with Crippen LogP contribution in [-0.2, 0) is 11.2 Å². The number of hydrogen-bond donors (Lipinski definition) is 1. The number of rotatable bonds is 9. The first-order valence-electron chi connectivity index (χ1n) is 8.82. The largest absolute Gasteiger partial charge is 0.497 e. The van der Waals surface area contributed by atoms with Crippen LogP contribution in [0.4, 0.5) is 0 Å². The zero-order valence-corrected chi connectivity index (χ0v) is 16.0. The molecule has 0 saturated heterocycles. The number of nitrogens with one attached hydrogen (secondary N) is 1. The van der Waals surface area contributed by atoms with E-state index in [1.807, 2.05) is 62.6 Å². The number of carbonyl (C=O) groups excluding carboxylic acids is 1. The molecule has 0 heterocycles. The lowest BCUT2D eigenvalue weighted by Crippen LogP contribution is -2.36. The Morgan fingerprint density at radius 2 is 1.85 bits per heavy atom. The van der Waals surface area contributed by atoms with Gasteiger partial charge in [0.15, 0.2) is 6.61 Å². The highest BCUT2D eigenvalue weighted by Gasteiger charge is 2.16. The van der Waals surface area contributed by atoms with Crippen molar-refractivity contribution < 1.29 is 14.3 Å². The normalized spacial score (nSPS) is 11.9. The van der Waals surface area contributed by atoms with Gasteiger partial charge in [0.2, 0.25) is 0 Å². The molecule has 0 aliphatic carbocycles. The number of benzene rings is 2. The molecule has 0 saturated carbocycles. The van der Waals surface area contributed by atoms with Crippen LogP contribution in [0.1, 0.15) is 24.1 Å². The number of ether oxygens (including phenoxy) is 2. The molecule has 0 fully saturated rings. The summed E-state index contributed by atoms with van der Waals surface area (Å²) in [5.74, 6) is 1.37. The summed E-state index contributed by atoms with van der Waals surface area (Å²) >= 11 is 0. The van der Waals surface area contributed by atoms with E-state index in [0.29, 0.717) is 12.3 Å². The first-order chi connectivity index (χ1) is 12.5. The van der Waals surface area contributed by atoms with Gasteiger partial charge < -0.3 is 19.7 Å². The maximum atomic E-state index is 12.1. The summed E-state index contributed by atoms with van der Waals surface area (Å²) in [7, 11) is 5.63. The fourth-order valence-corrected chi connectivity index (χ4v) is 2.68. The topological polar surface area (TPSA) is 50.8 Å². The van der Waals surface area contributed by atoms with Crippen LogP contribution in [0.5, 0.6) is 11.5 Å². The van der Waals surface area contributed by atoms with Crippen LogP contribution in [0.15, 0.2) is 48.5 Å². The molecule has 1 amide bonds. The Morgan fingerprint density at radius 1 is 1.12 bits per heavy atom. The van der Waals surface area contributed by atoms with Gasteiger partial charge in [0.1, 0.15) is 11.5 Å². The molecule has 0 spiro atoms. The summed E-state index contributed by atoms with van der Waals surface area (Å²) in [4.78, 5) is 14.2. The molecule has 26 heavy (non-hydrogen) atoms. The van der Waals surface area contributed by atoms with Gasteiger partial charge in [-0.2, -0.15) is 0 Å². The molecular weight excluding hydrogens is 328 g/mol. The minimum absolute atomic E-state index is 0.00370. The summed E-state index contributed by atoms with van der Waals surface area (Å²) in [5, 5.41) is 2.95. The van der Waals surface area contributed by atoms with E-state index in [-0.39, 0.29) is 18.6 Å². The Labute approximate surface area is 155 Å². The van der Waals surface area contributed by atoms with Crippen molar-refractivity contribution in [1.82, 2.24) is 10.2 Å². The average Bonchev–Trinajstić information content (AvgIpc) is 2.66. The highest BCUT2D eigenvalue weighted by molar-refractivity contribution is 5.77. The van der Waals surface area contributed by atoms with Crippen LogP contribution in [0, 0.1) is 0 Å². The maximum Gasteiger partial charge on any atom is 0.258 e. The molecule has 0 bridgehead atoms. The number of hydrogen-bond acceptors (Lipinski definition) is 4. The van der Waals surface area contributed by atoms with Gasteiger partial charge in [0.05, 0.1) is 13.2 Å². The molecule has 140 valence electrons. The van der Waals surface area contributed by atoms with Crippen molar-refractivity contribution in [2.75, 3.05) is 34.4 Å². The van der Waals surface area contributed by atoms with E-state index in [1.165, 1.54) is 5.56 Å². The van der Waals surface area contributed by atoms with Crippen LogP contribution in [0.25, 0.3) is 0 Å². The first kappa shape index (κ1) is 19.8. The number of carbonyl (C=O) groups is 1. The molecule has 0 radical (unpaired) electrons. The number of aryl methyl sites for hydroxylation is 1. The molecule has 0 aliphatic heterocycles. The van der Waals surface area contributed by atoms with Crippen LogP contribution in [0.3, 0.4) is 0 Å². The van der Waals surface area contributed by atoms with E-state index < -0.39 is 0 Å². The fourth-order valence-electron chi connectivity index (χ4n) is 2.68. The van der Waals surface area contributed by atoms with Crippen molar-refractivity contribution >= 4 is 5.91 Å². The number of likely N-dealkylation sites (N-methyl/N-ethyl adjacent to an activating group) is 1. The van der Waals surface area contributed by atoms with Crippen molar-refractivity contribution in [1.29, 1.82) is 0 Å². The van der Waals surface area contributed by atoms with Gasteiger partial charge in [-0.25, -0.2) is 0 Å². The van der Waals surface area contributed by atoms with Gasteiger partial charge in [-0.05, 0) is 55.9 Å². The average molecular weight is 356 g/mol. The molecular formula is C21H28N2O3. The second-order valence-electron chi connectivity index (χ2n) is 6.35. The Hall–Kier alpha value is -2.53. The monoisotopic (exact) mass is 356 g/mol. The second kappa shape index (κ2) is 9.82. The van der Waals surface area contributed by atoms with Gasteiger partial charge in [0, 0.05) is 6.54 Å². The Morgan fingerprint density at radius 3 is 2.46 bits per heavy atom. The van der Waals surface area contributed by atoms with E-state index >= 15 is 0 Å². The van der Waals surface area contributed by atoms with Crippen molar-refractivity contribution in [3.63, 3.8) is 0 Å². The first-order valence-corrected chi connectivity index (χ1v) is 8.82. The van der Waals surface area contributed by atoms with E-state index in [1.54, 1.807) is 7.11 Å². The quantitative estimate of drug-likeness (QED) is 0.750. The van der Waals surface area contributed by atoms with Crippen molar-refractivity contribution in [2.24, 2.45) is 0 Å². The van der Waals surface area contributed by atoms with E-state index in [2.05, 4.69) is 17.1 Å². The summed E-state index contributed by atoms with van der Waals surface area (Å²) in [6.07, 6.45) is 0.983. The van der Waals surface area contributed by atoms with Gasteiger partial charge in [-0.3, -0.25) is 4.79 Å². The number of nitrogens with zero attached hydrogens (tertiary/aromatic N) is 1. The number of methoxy groups -OCH3 is 1. The molecule has 1 unspecified atom stereocenters. The van der Waals surface area contributed by atoms with Gasteiger partial charge in [-0.1, -0.05) is 31.2 Å². The molecule has 0 aliphatic rings. The van der Waals surface area contributed by atoms with E-state index in [9.17, 15) is 4.79 Å². The molecule has 5 heteroatoms. The zero-order chi connectivity index (χ0) is 18.9. The van der Waals surface area contributed by atoms with Crippen LogP contribution in [-0.4, -0.2) is 45.2 Å². The van der Waals surface area contributed by atoms with Crippen LogP contribution >= 0.6 is 0 Å². The third-order valence-electron chi connectivity index (χ3n) is 4.30. The Balaban J connectivity index is 1.88. The fraction of sp³-hybridized carbons (Fsp3) is 0.381. The maximum absolute atomic E-state index is 12.1. The van der Waals surface area contributed by atoms with Gasteiger partial charge in [-0.15, -0.1) is 0 Å². The lowest BCUT2D eigenvalue weighted by atomic mass is 10.1. The minimum Gasteiger partial charge on any atom is -0.497 e. The summed E-state index contributed by atoms with van der Waals surface area (Å²) in [6.45, 7) is 2.60.